The van der Waals surface area contributed by atoms with Crippen molar-refractivity contribution in [3.05, 3.63) is 75.9 Å². The standard InChI is InChI=1S/C18H13FO5/c1-22-16-7-6-11(8-14(16)19)10-23-17(20)13-9-12-4-2-3-5-15(12)24-18(13)21/h2-9H,10H2,1H3. The maximum atomic E-state index is 13.6. The van der Waals surface area contributed by atoms with E-state index in [1.54, 1.807) is 30.3 Å². The van der Waals surface area contributed by atoms with E-state index < -0.39 is 17.4 Å². The minimum absolute atomic E-state index is 0.0975. The molecule has 1 heterocycles. The molecule has 0 aliphatic rings. The molecule has 3 rings (SSSR count). The molecule has 0 radical (unpaired) electrons. The van der Waals surface area contributed by atoms with Crippen LogP contribution in [-0.2, 0) is 11.3 Å². The summed E-state index contributed by atoms with van der Waals surface area (Å²) in [5.41, 5.74) is -0.162. The van der Waals surface area contributed by atoms with E-state index in [9.17, 15) is 14.0 Å². The van der Waals surface area contributed by atoms with Crippen molar-refractivity contribution in [1.82, 2.24) is 0 Å². The Morgan fingerprint density at radius 3 is 2.71 bits per heavy atom. The monoisotopic (exact) mass is 328 g/mol. The van der Waals surface area contributed by atoms with Gasteiger partial charge in [0, 0.05) is 5.39 Å². The first kappa shape index (κ1) is 15.7. The SMILES string of the molecule is COc1ccc(COC(=O)c2cc3ccccc3oc2=O)cc1F. The quantitative estimate of drug-likeness (QED) is 0.543. The number of rotatable bonds is 4. The molecule has 0 atom stereocenters. The fraction of sp³-hybridized carbons (Fsp3) is 0.111. The van der Waals surface area contributed by atoms with E-state index in [2.05, 4.69) is 0 Å². The molecule has 0 aliphatic carbocycles. The van der Waals surface area contributed by atoms with Crippen LogP contribution in [-0.4, -0.2) is 13.1 Å². The highest BCUT2D eigenvalue weighted by Gasteiger charge is 2.15. The smallest absolute Gasteiger partial charge is 0.351 e. The predicted molar refractivity (Wildman–Crippen MR) is 84.6 cm³/mol. The molecule has 0 amide bonds. The number of ether oxygens (including phenoxy) is 2. The molecule has 6 heteroatoms. The summed E-state index contributed by atoms with van der Waals surface area (Å²) in [7, 11) is 1.36. The molecule has 3 aromatic rings. The first-order chi connectivity index (χ1) is 11.6. The molecular formula is C18H13FO5. The fourth-order valence-corrected chi connectivity index (χ4v) is 2.23. The van der Waals surface area contributed by atoms with Crippen LogP contribution >= 0.6 is 0 Å². The number of esters is 1. The second-order valence-electron chi connectivity index (χ2n) is 5.03. The van der Waals surface area contributed by atoms with E-state index in [1.165, 1.54) is 25.3 Å². The van der Waals surface area contributed by atoms with Gasteiger partial charge in [-0.2, -0.15) is 0 Å². The maximum Gasteiger partial charge on any atom is 0.351 e. The lowest BCUT2D eigenvalue weighted by molar-refractivity contribution is 0.0467. The summed E-state index contributed by atoms with van der Waals surface area (Å²) in [6.45, 7) is -0.175. The van der Waals surface area contributed by atoms with Gasteiger partial charge in [0.1, 0.15) is 17.8 Å². The summed E-state index contributed by atoms with van der Waals surface area (Å²) < 4.78 is 28.6. The Morgan fingerprint density at radius 2 is 1.96 bits per heavy atom. The Kier molecular flexibility index (Phi) is 4.29. The molecule has 1 aromatic heterocycles. The van der Waals surface area contributed by atoms with E-state index in [-0.39, 0.29) is 17.9 Å². The summed E-state index contributed by atoms with van der Waals surface area (Å²) in [6.07, 6.45) is 0. The molecule has 0 aliphatic heterocycles. The van der Waals surface area contributed by atoms with Gasteiger partial charge >= 0.3 is 11.6 Å². The largest absolute Gasteiger partial charge is 0.494 e. The zero-order valence-corrected chi connectivity index (χ0v) is 12.7. The van der Waals surface area contributed by atoms with E-state index in [0.717, 1.165) is 0 Å². The number of hydrogen-bond donors (Lipinski definition) is 0. The van der Waals surface area contributed by atoms with Crippen LogP contribution in [0.4, 0.5) is 4.39 Å². The van der Waals surface area contributed by atoms with Gasteiger partial charge in [-0.15, -0.1) is 0 Å². The van der Waals surface area contributed by atoms with E-state index >= 15 is 0 Å². The minimum Gasteiger partial charge on any atom is -0.494 e. The average molecular weight is 328 g/mol. The van der Waals surface area contributed by atoms with Crippen LogP contribution in [0.2, 0.25) is 0 Å². The molecule has 5 nitrogen and oxygen atoms in total. The van der Waals surface area contributed by atoms with E-state index in [0.29, 0.717) is 16.5 Å². The van der Waals surface area contributed by atoms with Crippen molar-refractivity contribution in [2.45, 2.75) is 6.61 Å². The molecule has 0 unspecified atom stereocenters. The molecule has 0 saturated carbocycles. The van der Waals surface area contributed by atoms with Gasteiger partial charge in [0.25, 0.3) is 0 Å². The van der Waals surface area contributed by atoms with Crippen molar-refractivity contribution in [1.29, 1.82) is 0 Å². The van der Waals surface area contributed by atoms with Crippen molar-refractivity contribution in [2.75, 3.05) is 7.11 Å². The van der Waals surface area contributed by atoms with Crippen molar-refractivity contribution < 1.29 is 23.1 Å². The summed E-state index contributed by atoms with van der Waals surface area (Å²) in [4.78, 5) is 24.0. The molecule has 24 heavy (non-hydrogen) atoms. The van der Waals surface area contributed by atoms with Gasteiger partial charge in [-0.3, -0.25) is 0 Å². The van der Waals surface area contributed by atoms with E-state index in [1.807, 2.05) is 0 Å². The second-order valence-corrected chi connectivity index (χ2v) is 5.03. The van der Waals surface area contributed by atoms with Crippen molar-refractivity contribution in [2.24, 2.45) is 0 Å². The lowest BCUT2D eigenvalue weighted by Crippen LogP contribution is -2.16. The number of halogens is 1. The molecular weight excluding hydrogens is 315 g/mol. The number of carbonyl (C=O) groups excluding carboxylic acids is 1. The lowest BCUT2D eigenvalue weighted by atomic mass is 10.2. The molecule has 0 saturated heterocycles. The first-order valence-corrected chi connectivity index (χ1v) is 7.11. The zero-order chi connectivity index (χ0) is 17.1. The average Bonchev–Trinajstić information content (AvgIpc) is 2.59. The summed E-state index contributed by atoms with van der Waals surface area (Å²) in [5, 5.41) is 0.611. The molecule has 0 N–H and O–H groups in total. The molecule has 0 spiro atoms. The zero-order valence-electron chi connectivity index (χ0n) is 12.7. The molecule has 122 valence electrons. The Balaban J connectivity index is 1.79. The molecule has 0 bridgehead atoms. The van der Waals surface area contributed by atoms with Crippen LogP contribution in [0.15, 0.2) is 57.7 Å². The third-order valence-electron chi connectivity index (χ3n) is 3.45. The Morgan fingerprint density at radius 1 is 1.17 bits per heavy atom. The van der Waals surface area contributed by atoms with Gasteiger partial charge in [0.15, 0.2) is 11.6 Å². The fourth-order valence-electron chi connectivity index (χ4n) is 2.23. The third-order valence-corrected chi connectivity index (χ3v) is 3.45. The topological polar surface area (TPSA) is 65.7 Å². The van der Waals surface area contributed by atoms with Gasteiger partial charge in [-0.1, -0.05) is 24.3 Å². The maximum absolute atomic E-state index is 13.6. The highest BCUT2D eigenvalue weighted by atomic mass is 19.1. The number of para-hydroxylation sites is 1. The number of fused-ring (bicyclic) bond motifs is 1. The summed E-state index contributed by atoms with van der Waals surface area (Å²) >= 11 is 0. The van der Waals surface area contributed by atoms with Crippen molar-refractivity contribution in [3.63, 3.8) is 0 Å². The van der Waals surface area contributed by atoms with Crippen LogP contribution in [0, 0.1) is 5.82 Å². The van der Waals surface area contributed by atoms with Crippen LogP contribution in [0.3, 0.4) is 0 Å². The molecule has 0 fully saturated rings. The minimum atomic E-state index is -0.828. The highest BCUT2D eigenvalue weighted by molar-refractivity contribution is 5.92. The van der Waals surface area contributed by atoms with Gasteiger partial charge < -0.3 is 13.9 Å². The summed E-state index contributed by atoms with van der Waals surface area (Å²) in [6, 6.07) is 12.5. The number of benzene rings is 2. The normalized spacial score (nSPS) is 10.6. The lowest BCUT2D eigenvalue weighted by Gasteiger charge is -2.07. The second kappa shape index (κ2) is 6.54. The van der Waals surface area contributed by atoms with Crippen LogP contribution in [0.5, 0.6) is 5.75 Å². The van der Waals surface area contributed by atoms with Gasteiger partial charge in [0.2, 0.25) is 0 Å². The van der Waals surface area contributed by atoms with Crippen LogP contribution in [0.25, 0.3) is 11.0 Å². The Hall–Kier alpha value is -3.15. The number of carbonyl (C=O) groups is 1. The van der Waals surface area contributed by atoms with Crippen LogP contribution < -0.4 is 10.4 Å². The van der Waals surface area contributed by atoms with E-state index in [4.69, 9.17) is 13.9 Å². The first-order valence-electron chi connectivity index (χ1n) is 7.11. The van der Waals surface area contributed by atoms with Gasteiger partial charge in [0.05, 0.1) is 7.11 Å². The van der Waals surface area contributed by atoms with Gasteiger partial charge in [-0.05, 0) is 29.8 Å². The third kappa shape index (κ3) is 3.12. The highest BCUT2D eigenvalue weighted by Crippen LogP contribution is 2.18. The van der Waals surface area contributed by atoms with Crippen LogP contribution in [0.1, 0.15) is 15.9 Å². The van der Waals surface area contributed by atoms with Crippen molar-refractivity contribution in [3.8, 4) is 5.75 Å². The summed E-state index contributed by atoms with van der Waals surface area (Å²) in [5.74, 6) is -1.29. The molecule has 2 aromatic carbocycles. The van der Waals surface area contributed by atoms with Crippen molar-refractivity contribution >= 4 is 16.9 Å². The Labute approximate surface area is 136 Å². The Bertz CT molecular complexity index is 961. The number of hydrogen-bond acceptors (Lipinski definition) is 5. The predicted octanol–water partition coefficient (Wildman–Crippen LogP) is 3.30. The number of methoxy groups -OCH3 is 1. The van der Waals surface area contributed by atoms with Gasteiger partial charge in [-0.25, -0.2) is 14.0 Å².